The van der Waals surface area contributed by atoms with E-state index in [1.54, 1.807) is 0 Å². The fraction of sp³-hybridized carbons (Fsp3) is 0. The van der Waals surface area contributed by atoms with Crippen molar-refractivity contribution in [2.24, 2.45) is 0 Å². The molecule has 0 aliphatic rings. The van der Waals surface area contributed by atoms with E-state index in [0.29, 0.717) is 0 Å². The molecule has 3 aromatic heterocycles. The van der Waals surface area contributed by atoms with Gasteiger partial charge in [-0.05, 0) is 48.0 Å². The molecule has 9 aromatic rings. The quantitative estimate of drug-likeness (QED) is 0.237. The van der Waals surface area contributed by atoms with E-state index in [-0.39, 0.29) is 0 Å². The largest absolute Gasteiger partial charge is 0.456 e. The number of aromatic nitrogens is 1. The molecule has 3 nitrogen and oxygen atoms in total. The molecule has 0 fully saturated rings. The summed E-state index contributed by atoms with van der Waals surface area (Å²) >= 11 is 0. The highest BCUT2D eigenvalue weighted by Crippen LogP contribution is 2.40. The fourth-order valence-corrected chi connectivity index (χ4v) is 6.25. The van der Waals surface area contributed by atoms with Crippen LogP contribution in [0.1, 0.15) is 0 Å². The molecule has 0 unspecified atom stereocenters. The minimum atomic E-state index is 0.896. The normalized spacial score (nSPS) is 12.1. The van der Waals surface area contributed by atoms with E-state index in [1.165, 1.54) is 16.3 Å². The monoisotopic (exact) mass is 499 g/mol. The maximum atomic E-state index is 6.36. The van der Waals surface area contributed by atoms with Crippen LogP contribution in [0.5, 0.6) is 0 Å². The van der Waals surface area contributed by atoms with Crippen molar-refractivity contribution in [3.05, 3.63) is 127 Å². The van der Waals surface area contributed by atoms with Crippen molar-refractivity contribution in [1.82, 2.24) is 4.57 Å². The molecule has 182 valence electrons. The first-order valence-electron chi connectivity index (χ1n) is 13.2. The molecule has 0 saturated heterocycles. The third-order valence-electron chi connectivity index (χ3n) is 8.01. The summed E-state index contributed by atoms with van der Waals surface area (Å²) in [5, 5.41) is 7.00. The smallest absolute Gasteiger partial charge is 0.143 e. The lowest BCUT2D eigenvalue weighted by atomic mass is 10.0. The van der Waals surface area contributed by atoms with Crippen LogP contribution in [0.3, 0.4) is 0 Å². The molecule has 0 amide bonds. The van der Waals surface area contributed by atoms with Gasteiger partial charge in [0.25, 0.3) is 0 Å². The Bertz CT molecular complexity index is 2400. The summed E-state index contributed by atoms with van der Waals surface area (Å²) in [5.74, 6) is 0. The summed E-state index contributed by atoms with van der Waals surface area (Å²) in [4.78, 5) is 0. The number of furan rings is 2. The molecule has 6 aromatic carbocycles. The minimum absolute atomic E-state index is 0.896. The number of benzene rings is 6. The maximum Gasteiger partial charge on any atom is 0.143 e. The Labute approximate surface area is 223 Å². The second kappa shape index (κ2) is 7.62. The van der Waals surface area contributed by atoms with Crippen molar-refractivity contribution in [2.45, 2.75) is 0 Å². The first-order valence-corrected chi connectivity index (χ1v) is 13.2. The topological polar surface area (TPSA) is 31.2 Å². The lowest BCUT2D eigenvalue weighted by molar-refractivity contribution is 0.668. The lowest BCUT2D eigenvalue weighted by Gasteiger charge is -2.08. The minimum Gasteiger partial charge on any atom is -0.456 e. The summed E-state index contributed by atoms with van der Waals surface area (Å²) in [6, 6.07) is 44.8. The van der Waals surface area contributed by atoms with Gasteiger partial charge in [0.05, 0.1) is 11.0 Å². The molecular formula is C36H21NO2. The van der Waals surface area contributed by atoms with Crippen molar-refractivity contribution < 1.29 is 8.83 Å². The number of hydrogen-bond acceptors (Lipinski definition) is 2. The first kappa shape index (κ1) is 20.7. The predicted molar refractivity (Wildman–Crippen MR) is 161 cm³/mol. The molecule has 39 heavy (non-hydrogen) atoms. The summed E-state index contributed by atoms with van der Waals surface area (Å²) < 4.78 is 14.9. The van der Waals surface area contributed by atoms with Gasteiger partial charge in [-0.15, -0.1) is 0 Å². The molecule has 0 N–H and O–H groups in total. The first-order chi connectivity index (χ1) is 19.3. The number of hydrogen-bond donors (Lipinski definition) is 0. The number of para-hydroxylation sites is 4. The van der Waals surface area contributed by atoms with Crippen LogP contribution >= 0.6 is 0 Å². The van der Waals surface area contributed by atoms with Crippen LogP contribution in [-0.4, -0.2) is 4.57 Å². The SMILES string of the molecule is c1ccc2c(c1)oc1cc(-n3c4ccccc4c4cc(-c5cccc6c5oc5ccccc56)ccc43)ccc12. The Morgan fingerprint density at radius 3 is 1.95 bits per heavy atom. The van der Waals surface area contributed by atoms with E-state index in [4.69, 9.17) is 8.83 Å². The zero-order valence-electron chi connectivity index (χ0n) is 20.9. The van der Waals surface area contributed by atoms with Crippen LogP contribution in [0.4, 0.5) is 0 Å². The van der Waals surface area contributed by atoms with Crippen molar-refractivity contribution in [2.75, 3.05) is 0 Å². The highest BCUT2D eigenvalue weighted by atomic mass is 16.3. The Balaban J connectivity index is 1.30. The molecule has 0 saturated carbocycles. The van der Waals surface area contributed by atoms with Gasteiger partial charge in [-0.25, -0.2) is 0 Å². The van der Waals surface area contributed by atoms with Gasteiger partial charge in [0.15, 0.2) is 0 Å². The molecule has 0 bridgehead atoms. The molecule has 0 radical (unpaired) electrons. The van der Waals surface area contributed by atoms with Crippen LogP contribution in [0.25, 0.3) is 82.5 Å². The Hall–Kier alpha value is -5.28. The summed E-state index contributed by atoms with van der Waals surface area (Å²) in [5.41, 5.74) is 9.31. The standard InChI is InChI=1S/C36H21NO2/c1-4-13-31-25(8-1)30-20-22(24-11-7-12-29-27-10-3-6-15-34(27)39-36(24)29)16-19-32(30)37(31)23-17-18-28-26-9-2-5-14-33(26)38-35(28)21-23/h1-21H. The van der Waals surface area contributed by atoms with Gasteiger partial charge in [-0.1, -0.05) is 78.9 Å². The second-order valence-corrected chi connectivity index (χ2v) is 10.1. The van der Waals surface area contributed by atoms with E-state index in [9.17, 15) is 0 Å². The van der Waals surface area contributed by atoms with Gasteiger partial charge in [0.2, 0.25) is 0 Å². The van der Waals surface area contributed by atoms with E-state index in [2.05, 4.69) is 108 Å². The zero-order valence-corrected chi connectivity index (χ0v) is 20.9. The van der Waals surface area contributed by atoms with Gasteiger partial charge in [0.1, 0.15) is 22.3 Å². The summed E-state index contributed by atoms with van der Waals surface area (Å²) in [6.45, 7) is 0. The molecule has 0 spiro atoms. The van der Waals surface area contributed by atoms with E-state index < -0.39 is 0 Å². The van der Waals surface area contributed by atoms with Gasteiger partial charge in [0, 0.05) is 49.6 Å². The molecule has 9 rings (SSSR count). The van der Waals surface area contributed by atoms with Gasteiger partial charge in [-0.2, -0.15) is 0 Å². The zero-order chi connectivity index (χ0) is 25.5. The van der Waals surface area contributed by atoms with Crippen molar-refractivity contribution in [1.29, 1.82) is 0 Å². The molecular weight excluding hydrogens is 478 g/mol. The molecule has 0 aliphatic carbocycles. The van der Waals surface area contributed by atoms with Crippen molar-refractivity contribution in [3.63, 3.8) is 0 Å². The molecule has 3 heterocycles. The van der Waals surface area contributed by atoms with Gasteiger partial charge >= 0.3 is 0 Å². The molecule has 3 heteroatoms. The predicted octanol–water partition coefficient (Wildman–Crippen LogP) is 10.2. The van der Waals surface area contributed by atoms with Crippen LogP contribution in [0, 0.1) is 0 Å². The van der Waals surface area contributed by atoms with Crippen LogP contribution in [-0.2, 0) is 0 Å². The van der Waals surface area contributed by atoms with Crippen molar-refractivity contribution >= 4 is 65.7 Å². The Morgan fingerprint density at radius 2 is 1.08 bits per heavy atom. The van der Waals surface area contributed by atoms with Crippen LogP contribution in [0.2, 0.25) is 0 Å². The summed E-state index contributed by atoms with van der Waals surface area (Å²) in [6.07, 6.45) is 0. The van der Waals surface area contributed by atoms with Crippen LogP contribution < -0.4 is 0 Å². The van der Waals surface area contributed by atoms with E-state index in [0.717, 1.165) is 66.2 Å². The third kappa shape index (κ3) is 2.87. The molecule has 0 atom stereocenters. The Morgan fingerprint density at radius 1 is 0.410 bits per heavy atom. The fourth-order valence-electron chi connectivity index (χ4n) is 6.25. The Kier molecular flexibility index (Phi) is 4.05. The highest BCUT2D eigenvalue weighted by molar-refractivity contribution is 6.13. The second-order valence-electron chi connectivity index (χ2n) is 10.1. The summed E-state index contributed by atoms with van der Waals surface area (Å²) in [7, 11) is 0. The van der Waals surface area contributed by atoms with Crippen LogP contribution in [0.15, 0.2) is 136 Å². The maximum absolute atomic E-state index is 6.36. The average Bonchev–Trinajstić information content (AvgIpc) is 3.66. The lowest BCUT2D eigenvalue weighted by Crippen LogP contribution is -1.93. The van der Waals surface area contributed by atoms with Crippen molar-refractivity contribution in [3.8, 4) is 16.8 Å². The number of fused-ring (bicyclic) bond motifs is 9. The van der Waals surface area contributed by atoms with E-state index in [1.807, 2.05) is 24.3 Å². The average molecular weight is 500 g/mol. The van der Waals surface area contributed by atoms with Gasteiger partial charge < -0.3 is 13.4 Å². The highest BCUT2D eigenvalue weighted by Gasteiger charge is 2.17. The number of nitrogens with zero attached hydrogens (tertiary/aromatic N) is 1. The number of rotatable bonds is 2. The third-order valence-corrected chi connectivity index (χ3v) is 8.01. The van der Waals surface area contributed by atoms with Gasteiger partial charge in [-0.3, -0.25) is 0 Å². The molecule has 0 aliphatic heterocycles. The van der Waals surface area contributed by atoms with E-state index >= 15 is 0 Å².